The van der Waals surface area contributed by atoms with Crippen molar-refractivity contribution >= 4 is 35.2 Å². The number of amides is 3. The summed E-state index contributed by atoms with van der Waals surface area (Å²) in [4.78, 5) is 44.2. The molecule has 3 aliphatic rings. The zero-order valence-electron chi connectivity index (χ0n) is 20.1. The van der Waals surface area contributed by atoms with Gasteiger partial charge in [-0.05, 0) is 54.5 Å². The summed E-state index contributed by atoms with van der Waals surface area (Å²) in [5.74, 6) is -3.42. The van der Waals surface area contributed by atoms with Crippen LogP contribution in [0, 0.1) is 18.8 Å². The van der Waals surface area contributed by atoms with E-state index in [0.29, 0.717) is 5.69 Å². The lowest BCUT2D eigenvalue weighted by Crippen LogP contribution is -2.46. The van der Waals surface area contributed by atoms with E-state index in [1.165, 1.54) is 12.1 Å². The van der Waals surface area contributed by atoms with Crippen LogP contribution in [0.3, 0.4) is 0 Å². The smallest absolute Gasteiger partial charge is 0.357 e. The summed E-state index contributed by atoms with van der Waals surface area (Å²) in [5.41, 5.74) is 2.12. The van der Waals surface area contributed by atoms with Crippen molar-refractivity contribution in [2.45, 2.75) is 25.2 Å². The van der Waals surface area contributed by atoms with Crippen molar-refractivity contribution in [2.24, 2.45) is 11.8 Å². The Morgan fingerprint density at radius 2 is 1.61 bits per heavy atom. The van der Waals surface area contributed by atoms with E-state index >= 15 is 0 Å². The van der Waals surface area contributed by atoms with Gasteiger partial charge in [0.1, 0.15) is 6.04 Å². The Hall–Kier alpha value is -4.40. The number of alkyl halides is 3. The Labute approximate surface area is 216 Å². The molecule has 3 aromatic carbocycles. The summed E-state index contributed by atoms with van der Waals surface area (Å²) in [7, 11) is 0. The molecule has 3 amide bonds. The Balaban J connectivity index is 1.41. The molecular formula is C29H22F3N3O3. The van der Waals surface area contributed by atoms with Crippen LogP contribution in [-0.4, -0.2) is 28.7 Å². The number of halogens is 3. The van der Waals surface area contributed by atoms with E-state index in [2.05, 4.69) is 5.32 Å². The number of rotatable bonds is 3. The predicted octanol–water partition coefficient (Wildman–Crippen LogP) is 5.17. The van der Waals surface area contributed by atoms with Crippen LogP contribution in [-0.2, 0) is 20.6 Å². The first kappa shape index (κ1) is 24.0. The van der Waals surface area contributed by atoms with Crippen LogP contribution in [0.1, 0.15) is 28.3 Å². The Kier molecular flexibility index (Phi) is 5.41. The van der Waals surface area contributed by atoms with Crippen LogP contribution in [0.25, 0.3) is 6.08 Å². The Morgan fingerprint density at radius 3 is 2.34 bits per heavy atom. The maximum Gasteiger partial charge on any atom is 0.416 e. The summed E-state index contributed by atoms with van der Waals surface area (Å²) in [6, 6.07) is 17.1. The summed E-state index contributed by atoms with van der Waals surface area (Å²) in [5, 5.41) is 2.57. The van der Waals surface area contributed by atoms with E-state index in [1.807, 2.05) is 37.3 Å². The molecule has 38 heavy (non-hydrogen) atoms. The molecule has 0 saturated carbocycles. The molecule has 3 aliphatic heterocycles. The van der Waals surface area contributed by atoms with Gasteiger partial charge in [0.05, 0.1) is 29.1 Å². The number of carbonyl (C=O) groups excluding carboxylic acids is 3. The van der Waals surface area contributed by atoms with Gasteiger partial charge >= 0.3 is 6.18 Å². The minimum atomic E-state index is -4.58. The number of hydrogen-bond acceptors (Lipinski definition) is 4. The highest BCUT2D eigenvalue weighted by Crippen LogP contribution is 2.53. The fourth-order valence-electron chi connectivity index (χ4n) is 5.79. The number of hydrogen-bond donors (Lipinski definition) is 1. The largest absolute Gasteiger partial charge is 0.416 e. The van der Waals surface area contributed by atoms with E-state index in [1.54, 1.807) is 35.4 Å². The number of carbonyl (C=O) groups is 3. The zero-order valence-corrected chi connectivity index (χ0v) is 20.1. The van der Waals surface area contributed by atoms with Gasteiger partial charge in [0.25, 0.3) is 0 Å². The molecule has 2 fully saturated rings. The van der Waals surface area contributed by atoms with Crippen LogP contribution in [0.4, 0.5) is 24.5 Å². The molecule has 0 spiro atoms. The molecule has 0 aliphatic carbocycles. The highest BCUT2D eigenvalue weighted by molar-refractivity contribution is 6.24. The van der Waals surface area contributed by atoms with Crippen LogP contribution in [0.2, 0.25) is 0 Å². The van der Waals surface area contributed by atoms with Crippen LogP contribution >= 0.6 is 0 Å². The van der Waals surface area contributed by atoms with Gasteiger partial charge in [-0.2, -0.15) is 13.2 Å². The van der Waals surface area contributed by atoms with Crippen molar-refractivity contribution in [3.63, 3.8) is 0 Å². The maximum absolute atomic E-state index is 13.8. The molecule has 6 rings (SSSR count). The zero-order chi connectivity index (χ0) is 26.8. The fourth-order valence-corrected chi connectivity index (χ4v) is 5.79. The van der Waals surface area contributed by atoms with Crippen LogP contribution in [0.5, 0.6) is 0 Å². The first-order valence-corrected chi connectivity index (χ1v) is 12.1. The third-order valence-electron chi connectivity index (χ3n) is 7.48. The number of anilines is 2. The van der Waals surface area contributed by atoms with E-state index in [4.69, 9.17) is 0 Å². The molecule has 9 heteroatoms. The van der Waals surface area contributed by atoms with Crippen molar-refractivity contribution in [1.82, 2.24) is 4.90 Å². The summed E-state index contributed by atoms with van der Waals surface area (Å²) in [6.45, 7) is 1.89. The van der Waals surface area contributed by atoms with Gasteiger partial charge in [0.15, 0.2) is 0 Å². The minimum absolute atomic E-state index is 0.0432. The summed E-state index contributed by atoms with van der Waals surface area (Å²) >= 11 is 0. The number of benzene rings is 3. The predicted molar refractivity (Wildman–Crippen MR) is 135 cm³/mol. The monoisotopic (exact) mass is 517 g/mol. The lowest BCUT2D eigenvalue weighted by atomic mass is 9.84. The normalized spacial score (nSPS) is 23.8. The molecular weight excluding hydrogens is 495 g/mol. The van der Waals surface area contributed by atoms with Crippen LogP contribution < -0.4 is 10.2 Å². The second-order valence-electron chi connectivity index (χ2n) is 9.75. The number of fused-ring (bicyclic) bond motifs is 5. The Morgan fingerprint density at radius 1 is 0.895 bits per heavy atom. The van der Waals surface area contributed by atoms with Gasteiger partial charge < -0.3 is 10.2 Å². The van der Waals surface area contributed by atoms with E-state index < -0.39 is 53.4 Å². The molecule has 3 heterocycles. The van der Waals surface area contributed by atoms with Crippen LogP contribution in [0.15, 0.2) is 79.0 Å². The van der Waals surface area contributed by atoms with Gasteiger partial charge in [-0.25, -0.2) is 4.90 Å². The molecule has 192 valence electrons. The molecule has 3 aromatic rings. The Bertz CT molecular complexity index is 1500. The van der Waals surface area contributed by atoms with E-state index in [-0.39, 0.29) is 5.69 Å². The molecule has 1 N–H and O–H groups in total. The van der Waals surface area contributed by atoms with Gasteiger partial charge in [-0.15, -0.1) is 0 Å². The molecule has 0 bridgehead atoms. The molecule has 2 saturated heterocycles. The van der Waals surface area contributed by atoms with Crippen molar-refractivity contribution in [1.29, 1.82) is 0 Å². The van der Waals surface area contributed by atoms with Gasteiger partial charge in [0.2, 0.25) is 17.7 Å². The van der Waals surface area contributed by atoms with Gasteiger partial charge in [-0.1, -0.05) is 48.0 Å². The molecule has 0 aromatic heterocycles. The summed E-state index contributed by atoms with van der Waals surface area (Å²) < 4.78 is 39.8. The number of nitrogens with zero attached hydrogens (tertiary/aromatic N) is 2. The second-order valence-corrected chi connectivity index (χ2v) is 9.75. The topological polar surface area (TPSA) is 69.7 Å². The standard InChI is InChI=1S/C29H22F3N3O3/c1-16-9-11-20(12-10-16)35-27(37)22-23(28(35)38)25(34-14-13-17-5-2-3-8-21(17)24(22)34)26(36)33-19-7-4-6-18(15-19)29(30,31)32/h2-15,22-25H,1H3,(H,33,36)/t22-,23+,24-,25-/m0/s1. The minimum Gasteiger partial charge on any atom is -0.357 e. The third-order valence-corrected chi connectivity index (χ3v) is 7.48. The first-order valence-electron chi connectivity index (χ1n) is 12.1. The number of imide groups is 1. The van der Waals surface area contributed by atoms with Gasteiger partial charge in [0, 0.05) is 11.9 Å². The highest BCUT2D eigenvalue weighted by Gasteiger charge is 2.64. The quantitative estimate of drug-likeness (QED) is 0.487. The summed E-state index contributed by atoms with van der Waals surface area (Å²) in [6.07, 6.45) is -1.07. The third kappa shape index (κ3) is 3.69. The van der Waals surface area contributed by atoms with E-state index in [9.17, 15) is 27.6 Å². The molecule has 0 radical (unpaired) electrons. The maximum atomic E-state index is 13.8. The molecule has 0 unspecified atom stereocenters. The second kappa shape index (κ2) is 8.58. The SMILES string of the molecule is Cc1ccc(N2C(=O)[C@@H]3[C@H](C2=O)[C@@H]2c4ccccc4C=CN2[C@@H]3C(=O)Nc2cccc(C(F)(F)F)c2)cc1. The lowest BCUT2D eigenvalue weighted by Gasteiger charge is -2.35. The van der Waals surface area contributed by atoms with E-state index in [0.717, 1.165) is 33.7 Å². The number of nitrogens with one attached hydrogen (secondary N) is 1. The van der Waals surface area contributed by atoms with Crippen molar-refractivity contribution in [2.75, 3.05) is 10.2 Å². The fraction of sp³-hybridized carbons (Fsp3) is 0.207. The van der Waals surface area contributed by atoms with Gasteiger partial charge in [-0.3, -0.25) is 14.4 Å². The highest BCUT2D eigenvalue weighted by atomic mass is 19.4. The average molecular weight is 518 g/mol. The van der Waals surface area contributed by atoms with Crippen molar-refractivity contribution in [3.05, 3.63) is 101 Å². The van der Waals surface area contributed by atoms with Crippen molar-refractivity contribution in [3.8, 4) is 0 Å². The van der Waals surface area contributed by atoms with Crippen molar-refractivity contribution < 1.29 is 27.6 Å². The number of aryl methyl sites for hydroxylation is 1. The molecule has 4 atom stereocenters. The first-order chi connectivity index (χ1) is 18.1. The lowest BCUT2D eigenvalue weighted by molar-refractivity contribution is -0.137. The average Bonchev–Trinajstić information content (AvgIpc) is 3.37. The molecule has 6 nitrogen and oxygen atoms in total.